The van der Waals surface area contributed by atoms with Crippen LogP contribution >= 0.6 is 0 Å². The van der Waals surface area contributed by atoms with Crippen molar-refractivity contribution in [2.45, 2.75) is 0 Å². The van der Waals surface area contributed by atoms with Crippen LogP contribution in [0.25, 0.3) is 11.1 Å². The molecule has 0 N–H and O–H groups in total. The third kappa shape index (κ3) is 3.30. The molecular formula is C18H13NO3. The minimum atomic E-state index is -0.512. The van der Waals surface area contributed by atoms with E-state index in [1.165, 1.54) is 12.5 Å². The summed E-state index contributed by atoms with van der Waals surface area (Å²) in [5.74, 6) is 0.00893. The third-order valence-corrected chi connectivity index (χ3v) is 3.09. The number of nitrogens with zero attached hydrogens (tertiary/aromatic N) is 1. The molecule has 1 aromatic heterocycles. The van der Waals surface area contributed by atoms with Gasteiger partial charge >= 0.3 is 5.97 Å². The number of hydrogen-bond donors (Lipinski definition) is 0. The Labute approximate surface area is 127 Å². The van der Waals surface area contributed by atoms with Crippen LogP contribution in [0, 0.1) is 0 Å². The van der Waals surface area contributed by atoms with Gasteiger partial charge in [0.1, 0.15) is 12.0 Å². The Morgan fingerprint density at radius 1 is 0.909 bits per heavy atom. The van der Waals surface area contributed by atoms with Crippen LogP contribution in [0.3, 0.4) is 0 Å². The van der Waals surface area contributed by atoms with Gasteiger partial charge < -0.3 is 9.25 Å². The average molecular weight is 291 g/mol. The van der Waals surface area contributed by atoms with Gasteiger partial charge in [-0.05, 0) is 35.4 Å². The summed E-state index contributed by atoms with van der Waals surface area (Å²) in [6, 6.07) is 20.6. The van der Waals surface area contributed by atoms with Crippen molar-refractivity contribution in [3.05, 3.63) is 84.3 Å². The number of carbonyl (C=O) groups is 1. The summed E-state index contributed by atoms with van der Waals surface area (Å²) >= 11 is 0. The molecule has 0 fully saturated rings. The second-order valence-electron chi connectivity index (χ2n) is 4.57. The molecule has 0 unspecified atom stereocenters. The number of hydrogen-bond acceptors (Lipinski definition) is 4. The zero-order chi connectivity index (χ0) is 15.2. The molecule has 0 radical (unpaired) electrons. The topological polar surface area (TPSA) is 51.8 Å². The summed E-state index contributed by atoms with van der Waals surface area (Å²) in [5, 5.41) is 3.60. The second-order valence-corrected chi connectivity index (χ2v) is 4.57. The van der Waals surface area contributed by atoms with Crippen LogP contribution in [-0.2, 0) is 4.84 Å². The fourth-order valence-electron chi connectivity index (χ4n) is 1.97. The Morgan fingerprint density at radius 2 is 1.64 bits per heavy atom. The molecule has 0 saturated heterocycles. The van der Waals surface area contributed by atoms with Crippen molar-refractivity contribution in [2.75, 3.05) is 0 Å². The molecule has 0 aliphatic carbocycles. The van der Waals surface area contributed by atoms with Gasteiger partial charge in [-0.2, -0.15) is 0 Å². The third-order valence-electron chi connectivity index (χ3n) is 3.09. The van der Waals surface area contributed by atoms with E-state index in [0.29, 0.717) is 11.3 Å². The standard InChI is InChI=1S/C18H13NO3/c20-18(22-19-13-17-7-4-12-21-17)16-10-8-15(9-11-16)14-5-2-1-3-6-14/h1-13H/b19-13+. The van der Waals surface area contributed by atoms with E-state index in [1.807, 2.05) is 42.5 Å². The van der Waals surface area contributed by atoms with Crippen molar-refractivity contribution in [1.82, 2.24) is 0 Å². The molecule has 0 spiro atoms. The van der Waals surface area contributed by atoms with Crippen LogP contribution in [0.15, 0.2) is 82.6 Å². The van der Waals surface area contributed by atoms with Crippen molar-refractivity contribution in [1.29, 1.82) is 0 Å². The van der Waals surface area contributed by atoms with E-state index in [1.54, 1.807) is 24.3 Å². The lowest BCUT2D eigenvalue weighted by Crippen LogP contribution is -2.00. The zero-order valence-corrected chi connectivity index (χ0v) is 11.7. The van der Waals surface area contributed by atoms with E-state index in [-0.39, 0.29) is 0 Å². The highest BCUT2D eigenvalue weighted by Gasteiger charge is 2.07. The number of furan rings is 1. The normalized spacial score (nSPS) is 10.7. The molecule has 1 heterocycles. The highest BCUT2D eigenvalue weighted by molar-refractivity contribution is 5.90. The van der Waals surface area contributed by atoms with Gasteiger partial charge in [-0.3, -0.25) is 0 Å². The first-order valence-electron chi connectivity index (χ1n) is 6.76. The fraction of sp³-hybridized carbons (Fsp3) is 0. The SMILES string of the molecule is O=C(O/N=C/c1ccco1)c1ccc(-c2ccccc2)cc1. The Bertz CT molecular complexity index is 760. The second kappa shape index (κ2) is 6.54. The lowest BCUT2D eigenvalue weighted by molar-refractivity contribution is 0.0519. The fourth-order valence-corrected chi connectivity index (χ4v) is 1.97. The van der Waals surface area contributed by atoms with Gasteiger partial charge in [0.15, 0.2) is 0 Å². The Balaban J connectivity index is 1.66. The van der Waals surface area contributed by atoms with Crippen LogP contribution in [0.5, 0.6) is 0 Å². The van der Waals surface area contributed by atoms with E-state index in [2.05, 4.69) is 5.16 Å². The molecule has 22 heavy (non-hydrogen) atoms. The molecule has 0 aliphatic rings. The molecule has 3 aromatic rings. The molecule has 2 aromatic carbocycles. The van der Waals surface area contributed by atoms with Gasteiger partial charge in [0.05, 0.1) is 11.8 Å². The molecule has 0 atom stereocenters. The first-order chi connectivity index (χ1) is 10.8. The highest BCUT2D eigenvalue weighted by atomic mass is 16.7. The summed E-state index contributed by atoms with van der Waals surface area (Å²) in [7, 11) is 0. The first-order valence-corrected chi connectivity index (χ1v) is 6.76. The van der Waals surface area contributed by atoms with Crippen LogP contribution in [-0.4, -0.2) is 12.2 Å². The van der Waals surface area contributed by atoms with E-state index in [9.17, 15) is 4.79 Å². The van der Waals surface area contributed by atoms with Crippen molar-refractivity contribution in [3.63, 3.8) is 0 Å². The quantitative estimate of drug-likeness (QED) is 0.412. The molecule has 0 bridgehead atoms. The number of carbonyl (C=O) groups excluding carboxylic acids is 1. The summed E-state index contributed by atoms with van der Waals surface area (Å²) in [4.78, 5) is 16.7. The van der Waals surface area contributed by atoms with E-state index in [4.69, 9.17) is 9.25 Å². The molecular weight excluding hydrogens is 278 g/mol. The van der Waals surface area contributed by atoms with Crippen molar-refractivity contribution in [3.8, 4) is 11.1 Å². The van der Waals surface area contributed by atoms with Gasteiger partial charge in [0, 0.05) is 0 Å². The van der Waals surface area contributed by atoms with Crippen LogP contribution in [0.4, 0.5) is 0 Å². The molecule has 3 rings (SSSR count). The highest BCUT2D eigenvalue weighted by Crippen LogP contribution is 2.19. The monoisotopic (exact) mass is 291 g/mol. The average Bonchev–Trinajstić information content (AvgIpc) is 3.09. The Kier molecular flexibility index (Phi) is 4.11. The largest absolute Gasteiger partial charge is 0.463 e. The maximum absolute atomic E-state index is 11.9. The summed E-state index contributed by atoms with van der Waals surface area (Å²) in [6.07, 6.45) is 2.86. The molecule has 108 valence electrons. The Morgan fingerprint density at radius 3 is 2.32 bits per heavy atom. The predicted molar refractivity (Wildman–Crippen MR) is 83.6 cm³/mol. The molecule has 0 saturated carbocycles. The predicted octanol–water partition coefficient (Wildman–Crippen LogP) is 4.14. The van der Waals surface area contributed by atoms with Crippen molar-refractivity contribution in [2.24, 2.45) is 5.16 Å². The minimum Gasteiger partial charge on any atom is -0.463 e. The molecule has 0 aliphatic heterocycles. The molecule has 4 nitrogen and oxygen atoms in total. The number of oxime groups is 1. The van der Waals surface area contributed by atoms with Gasteiger partial charge in [-0.1, -0.05) is 47.6 Å². The first kappa shape index (κ1) is 13.8. The molecule has 0 amide bonds. The number of benzene rings is 2. The maximum atomic E-state index is 11.9. The van der Waals surface area contributed by atoms with Gasteiger partial charge in [-0.15, -0.1) is 0 Å². The van der Waals surface area contributed by atoms with E-state index < -0.39 is 5.97 Å². The summed E-state index contributed by atoms with van der Waals surface area (Å²) in [5.41, 5.74) is 2.57. The van der Waals surface area contributed by atoms with Gasteiger partial charge in [-0.25, -0.2) is 4.79 Å². The lowest BCUT2D eigenvalue weighted by Gasteiger charge is -2.02. The van der Waals surface area contributed by atoms with Crippen LogP contribution < -0.4 is 0 Å². The van der Waals surface area contributed by atoms with Crippen molar-refractivity contribution < 1.29 is 14.0 Å². The van der Waals surface area contributed by atoms with E-state index in [0.717, 1.165) is 11.1 Å². The smallest absolute Gasteiger partial charge is 0.365 e. The maximum Gasteiger partial charge on any atom is 0.365 e. The van der Waals surface area contributed by atoms with Crippen molar-refractivity contribution >= 4 is 12.2 Å². The summed E-state index contributed by atoms with van der Waals surface area (Å²) < 4.78 is 5.05. The van der Waals surface area contributed by atoms with Gasteiger partial charge in [0.25, 0.3) is 0 Å². The van der Waals surface area contributed by atoms with Gasteiger partial charge in [0.2, 0.25) is 0 Å². The minimum absolute atomic E-state index is 0.441. The zero-order valence-electron chi connectivity index (χ0n) is 11.7. The summed E-state index contributed by atoms with van der Waals surface area (Å²) in [6.45, 7) is 0. The molecule has 4 heteroatoms. The lowest BCUT2D eigenvalue weighted by atomic mass is 10.0. The van der Waals surface area contributed by atoms with Crippen LogP contribution in [0.1, 0.15) is 16.1 Å². The van der Waals surface area contributed by atoms with E-state index >= 15 is 0 Å². The van der Waals surface area contributed by atoms with Crippen LogP contribution in [0.2, 0.25) is 0 Å². The Hall–Kier alpha value is -3.14. The number of rotatable bonds is 4.